The van der Waals surface area contributed by atoms with Gasteiger partial charge in [-0.15, -0.1) is 10.2 Å². The quantitative estimate of drug-likeness (QED) is 0.745. The minimum atomic E-state index is -2.50. The SMILES string of the molecule is O=C(O)CSc1nncn1CC(F)F. The summed E-state index contributed by atoms with van der Waals surface area (Å²) in [7, 11) is 0. The van der Waals surface area contributed by atoms with Crippen LogP contribution in [0.15, 0.2) is 11.5 Å². The van der Waals surface area contributed by atoms with Crippen molar-refractivity contribution in [2.24, 2.45) is 0 Å². The van der Waals surface area contributed by atoms with Crippen LogP contribution in [0.3, 0.4) is 0 Å². The average molecular weight is 223 g/mol. The minimum absolute atomic E-state index is 0.188. The van der Waals surface area contributed by atoms with Gasteiger partial charge in [0.1, 0.15) is 6.33 Å². The van der Waals surface area contributed by atoms with Gasteiger partial charge in [0, 0.05) is 0 Å². The highest BCUT2D eigenvalue weighted by Crippen LogP contribution is 2.15. The van der Waals surface area contributed by atoms with E-state index in [1.807, 2.05) is 0 Å². The van der Waals surface area contributed by atoms with Crippen molar-refractivity contribution in [1.29, 1.82) is 0 Å². The molecule has 0 aliphatic rings. The normalized spacial score (nSPS) is 10.8. The number of halogens is 2. The lowest BCUT2D eigenvalue weighted by Crippen LogP contribution is -2.08. The first-order chi connectivity index (χ1) is 6.59. The molecule has 5 nitrogen and oxygen atoms in total. The van der Waals surface area contributed by atoms with E-state index in [2.05, 4.69) is 10.2 Å². The van der Waals surface area contributed by atoms with Crippen LogP contribution >= 0.6 is 11.8 Å². The Morgan fingerprint density at radius 2 is 2.43 bits per heavy atom. The first-order valence-electron chi connectivity index (χ1n) is 3.60. The van der Waals surface area contributed by atoms with Crippen LogP contribution in [-0.2, 0) is 11.3 Å². The first kappa shape index (κ1) is 10.9. The van der Waals surface area contributed by atoms with Gasteiger partial charge in [0.05, 0.1) is 12.3 Å². The van der Waals surface area contributed by atoms with Crippen LogP contribution in [-0.4, -0.2) is 38.0 Å². The molecule has 8 heteroatoms. The molecule has 0 aliphatic heterocycles. The highest BCUT2D eigenvalue weighted by atomic mass is 32.2. The Kier molecular flexibility index (Phi) is 3.81. The molecule has 14 heavy (non-hydrogen) atoms. The molecule has 0 saturated heterocycles. The number of nitrogens with zero attached hydrogens (tertiary/aromatic N) is 3. The van der Waals surface area contributed by atoms with Crippen LogP contribution in [0, 0.1) is 0 Å². The van der Waals surface area contributed by atoms with Crippen molar-refractivity contribution >= 4 is 17.7 Å². The molecule has 0 atom stereocenters. The van der Waals surface area contributed by atoms with E-state index in [1.165, 1.54) is 0 Å². The number of hydrogen-bond donors (Lipinski definition) is 1. The molecule has 0 saturated carbocycles. The molecule has 78 valence electrons. The number of rotatable bonds is 5. The fraction of sp³-hybridized carbons (Fsp3) is 0.500. The Morgan fingerprint density at radius 1 is 1.71 bits per heavy atom. The lowest BCUT2D eigenvalue weighted by atomic mass is 10.7. The third-order valence-electron chi connectivity index (χ3n) is 1.24. The molecule has 0 spiro atoms. The second-order valence-corrected chi connectivity index (χ2v) is 3.28. The Morgan fingerprint density at radius 3 is 3.00 bits per heavy atom. The van der Waals surface area contributed by atoms with Crippen LogP contribution in [0.25, 0.3) is 0 Å². The number of aliphatic carboxylic acids is 1. The number of carboxylic acids is 1. The molecule has 1 N–H and O–H groups in total. The maximum atomic E-state index is 12.0. The number of carboxylic acid groups (broad SMARTS) is 1. The van der Waals surface area contributed by atoms with Crippen molar-refractivity contribution in [3.63, 3.8) is 0 Å². The van der Waals surface area contributed by atoms with E-state index in [1.54, 1.807) is 0 Å². The number of alkyl halides is 2. The molecule has 0 aliphatic carbocycles. The fourth-order valence-electron chi connectivity index (χ4n) is 0.756. The van der Waals surface area contributed by atoms with Gasteiger partial charge in [-0.25, -0.2) is 8.78 Å². The maximum absolute atomic E-state index is 12.0. The zero-order valence-electron chi connectivity index (χ0n) is 6.93. The number of aromatic nitrogens is 3. The molecule has 0 bridgehead atoms. The average Bonchev–Trinajstić information content (AvgIpc) is 2.47. The summed E-state index contributed by atoms with van der Waals surface area (Å²) < 4.78 is 25.1. The highest BCUT2D eigenvalue weighted by Gasteiger charge is 2.11. The van der Waals surface area contributed by atoms with Crippen molar-refractivity contribution in [3.8, 4) is 0 Å². The largest absolute Gasteiger partial charge is 0.481 e. The van der Waals surface area contributed by atoms with Crippen molar-refractivity contribution < 1.29 is 18.7 Å². The molecular formula is C6H7F2N3O2S. The summed E-state index contributed by atoms with van der Waals surface area (Å²) in [4.78, 5) is 10.2. The van der Waals surface area contributed by atoms with Gasteiger partial charge in [0.2, 0.25) is 0 Å². The van der Waals surface area contributed by atoms with Crippen LogP contribution in [0.5, 0.6) is 0 Å². The summed E-state index contributed by atoms with van der Waals surface area (Å²) in [5, 5.41) is 15.5. The van der Waals surface area contributed by atoms with Crippen LogP contribution in [0.4, 0.5) is 8.78 Å². The van der Waals surface area contributed by atoms with E-state index in [-0.39, 0.29) is 10.9 Å². The maximum Gasteiger partial charge on any atom is 0.313 e. The van der Waals surface area contributed by atoms with Crippen LogP contribution in [0.2, 0.25) is 0 Å². The molecule has 0 unspecified atom stereocenters. The van der Waals surface area contributed by atoms with E-state index in [4.69, 9.17) is 5.11 Å². The third-order valence-corrected chi connectivity index (χ3v) is 2.21. The van der Waals surface area contributed by atoms with Crippen LogP contribution in [0.1, 0.15) is 0 Å². The summed E-state index contributed by atoms with van der Waals surface area (Å²) in [6, 6.07) is 0. The van der Waals surface area contributed by atoms with Gasteiger partial charge in [0.25, 0.3) is 6.43 Å². The Labute approximate surface area is 82.1 Å². The molecule has 1 aromatic rings. The molecular weight excluding hydrogens is 216 g/mol. The molecule has 1 rings (SSSR count). The van der Waals surface area contributed by atoms with Crippen molar-refractivity contribution in [2.45, 2.75) is 18.1 Å². The van der Waals surface area contributed by atoms with Gasteiger partial charge in [-0.2, -0.15) is 0 Å². The predicted octanol–water partition coefficient (Wildman–Crippen LogP) is 0.720. The van der Waals surface area contributed by atoms with E-state index >= 15 is 0 Å². The van der Waals surface area contributed by atoms with Gasteiger partial charge < -0.3 is 9.67 Å². The van der Waals surface area contributed by atoms with E-state index in [9.17, 15) is 13.6 Å². The number of hydrogen-bond acceptors (Lipinski definition) is 4. The summed E-state index contributed by atoms with van der Waals surface area (Å²) in [6.45, 7) is -0.519. The summed E-state index contributed by atoms with van der Waals surface area (Å²) in [6.07, 6.45) is -1.36. The Bertz CT molecular complexity index is 318. The van der Waals surface area contributed by atoms with Gasteiger partial charge in [-0.3, -0.25) is 4.79 Å². The zero-order chi connectivity index (χ0) is 10.6. The monoisotopic (exact) mass is 223 g/mol. The minimum Gasteiger partial charge on any atom is -0.481 e. The van der Waals surface area contributed by atoms with Crippen molar-refractivity contribution in [1.82, 2.24) is 14.8 Å². The van der Waals surface area contributed by atoms with Crippen LogP contribution < -0.4 is 0 Å². The van der Waals surface area contributed by atoms with Crippen molar-refractivity contribution in [2.75, 3.05) is 5.75 Å². The van der Waals surface area contributed by atoms with Gasteiger partial charge in [0.15, 0.2) is 5.16 Å². The molecule has 1 heterocycles. The van der Waals surface area contributed by atoms with E-state index < -0.39 is 18.9 Å². The van der Waals surface area contributed by atoms with Gasteiger partial charge >= 0.3 is 5.97 Å². The second kappa shape index (κ2) is 4.89. The number of carbonyl (C=O) groups is 1. The Balaban J connectivity index is 2.58. The summed E-state index contributed by atoms with van der Waals surface area (Å²) in [5.74, 6) is -1.25. The predicted molar refractivity (Wildman–Crippen MR) is 44.4 cm³/mol. The molecule has 0 radical (unpaired) electrons. The van der Waals surface area contributed by atoms with E-state index in [0.29, 0.717) is 0 Å². The van der Waals surface area contributed by atoms with Gasteiger partial charge in [-0.05, 0) is 0 Å². The molecule has 1 aromatic heterocycles. The smallest absolute Gasteiger partial charge is 0.313 e. The fourth-order valence-corrected chi connectivity index (χ4v) is 1.40. The highest BCUT2D eigenvalue weighted by molar-refractivity contribution is 7.99. The molecule has 0 amide bonds. The molecule has 0 fully saturated rings. The number of thioether (sulfide) groups is 1. The third kappa shape index (κ3) is 3.29. The van der Waals surface area contributed by atoms with E-state index in [0.717, 1.165) is 22.7 Å². The topological polar surface area (TPSA) is 68.0 Å². The lowest BCUT2D eigenvalue weighted by Gasteiger charge is -2.03. The Hall–Kier alpha value is -1.18. The lowest BCUT2D eigenvalue weighted by molar-refractivity contribution is -0.133. The summed E-state index contributed by atoms with van der Waals surface area (Å²) >= 11 is 0.860. The second-order valence-electron chi connectivity index (χ2n) is 2.34. The zero-order valence-corrected chi connectivity index (χ0v) is 7.75. The van der Waals surface area contributed by atoms with Crippen molar-refractivity contribution in [3.05, 3.63) is 6.33 Å². The molecule has 0 aromatic carbocycles. The van der Waals surface area contributed by atoms with Gasteiger partial charge in [-0.1, -0.05) is 11.8 Å². The summed E-state index contributed by atoms with van der Waals surface area (Å²) in [5.41, 5.74) is 0. The standard InChI is InChI=1S/C6H7F2N3O2S/c7-4(8)1-11-3-9-10-6(11)14-2-5(12)13/h3-4H,1-2H2,(H,12,13). The first-order valence-corrected chi connectivity index (χ1v) is 4.58.